The van der Waals surface area contributed by atoms with Crippen LogP contribution in [0.25, 0.3) is 11.6 Å². The van der Waals surface area contributed by atoms with Gasteiger partial charge in [-0.25, -0.2) is 4.98 Å². The summed E-state index contributed by atoms with van der Waals surface area (Å²) in [6, 6.07) is 2.74. The Hall–Kier alpha value is -3.16. The molecule has 1 amide bonds. The Morgan fingerprint density at radius 2 is 2.19 bits per heavy atom. The van der Waals surface area contributed by atoms with Gasteiger partial charge in [-0.3, -0.25) is 14.9 Å². The minimum Gasteiger partial charge on any atom is -0.393 e. The molecule has 0 unspecified atom stereocenters. The van der Waals surface area contributed by atoms with E-state index in [-0.39, 0.29) is 22.9 Å². The number of aryl methyl sites for hydroxylation is 1. The lowest BCUT2D eigenvalue weighted by atomic mass is 10.0. The molecule has 0 fully saturated rings. The number of hydrogen-bond donors (Lipinski definition) is 3. The van der Waals surface area contributed by atoms with Crippen LogP contribution in [0.5, 0.6) is 0 Å². The van der Waals surface area contributed by atoms with Gasteiger partial charge in [0, 0.05) is 23.5 Å². The summed E-state index contributed by atoms with van der Waals surface area (Å²) in [6.45, 7) is 1.83. The number of hydrogen-bond acceptors (Lipinski definition) is 5. The Labute approximate surface area is 118 Å². The van der Waals surface area contributed by atoms with Gasteiger partial charge >= 0.3 is 0 Å². The summed E-state index contributed by atoms with van der Waals surface area (Å²) in [4.78, 5) is 29.5. The second-order valence-corrected chi connectivity index (χ2v) is 4.64. The van der Waals surface area contributed by atoms with Crippen LogP contribution in [0, 0.1) is 17.0 Å². The van der Waals surface area contributed by atoms with E-state index in [4.69, 9.17) is 5.73 Å². The molecule has 2 aromatic rings. The quantitative estimate of drug-likeness (QED) is 0.335. The number of nitrogens with two attached hydrogens (primary N) is 1. The molecule has 0 radical (unpaired) electrons. The van der Waals surface area contributed by atoms with Crippen LogP contribution < -0.4 is 11.1 Å². The average Bonchev–Trinajstić information content (AvgIpc) is 2.95. The van der Waals surface area contributed by atoms with Gasteiger partial charge in [-0.05, 0) is 19.1 Å². The van der Waals surface area contributed by atoms with Gasteiger partial charge in [0.25, 0.3) is 11.6 Å². The third-order valence-corrected chi connectivity index (χ3v) is 3.18. The van der Waals surface area contributed by atoms with Gasteiger partial charge in [-0.2, -0.15) is 0 Å². The molecular formula is C13H11N5O3. The van der Waals surface area contributed by atoms with Crippen molar-refractivity contribution in [1.29, 1.82) is 0 Å². The summed E-state index contributed by atoms with van der Waals surface area (Å²) < 4.78 is 0. The zero-order valence-electron chi connectivity index (χ0n) is 11.0. The summed E-state index contributed by atoms with van der Waals surface area (Å²) in [6.07, 6.45) is 3.14. The number of H-pyrrole nitrogens is 1. The number of fused-ring (bicyclic) bond motifs is 1. The Morgan fingerprint density at radius 1 is 1.43 bits per heavy atom. The number of nitro groups is 1. The predicted octanol–water partition coefficient (Wildman–Crippen LogP) is 1.70. The molecule has 1 aliphatic rings. The summed E-state index contributed by atoms with van der Waals surface area (Å²) in [5.74, 6) is 0.114. The van der Waals surface area contributed by atoms with Gasteiger partial charge < -0.3 is 16.0 Å². The number of carbonyl (C=O) groups excluding carboxylic acids is 1. The highest BCUT2D eigenvalue weighted by Crippen LogP contribution is 2.41. The Bertz CT molecular complexity index is 806. The number of aromatic amines is 1. The van der Waals surface area contributed by atoms with Crippen LogP contribution in [-0.2, 0) is 4.79 Å². The second kappa shape index (κ2) is 4.44. The first-order valence-corrected chi connectivity index (χ1v) is 6.09. The number of anilines is 2. The maximum absolute atomic E-state index is 12.0. The number of benzene rings is 1. The van der Waals surface area contributed by atoms with Gasteiger partial charge in [0.05, 0.1) is 16.2 Å². The zero-order valence-corrected chi connectivity index (χ0v) is 11.0. The van der Waals surface area contributed by atoms with Crippen LogP contribution in [0.15, 0.2) is 18.3 Å². The van der Waals surface area contributed by atoms with Gasteiger partial charge in [0.1, 0.15) is 11.5 Å². The first-order valence-electron chi connectivity index (χ1n) is 6.09. The van der Waals surface area contributed by atoms with Gasteiger partial charge in [0.2, 0.25) is 0 Å². The van der Waals surface area contributed by atoms with E-state index in [1.165, 1.54) is 18.2 Å². The Morgan fingerprint density at radius 3 is 2.81 bits per heavy atom. The van der Waals surface area contributed by atoms with E-state index < -0.39 is 4.92 Å². The molecule has 8 nitrogen and oxygen atoms in total. The van der Waals surface area contributed by atoms with E-state index in [0.717, 1.165) is 5.69 Å². The maximum Gasteiger partial charge on any atom is 0.292 e. The summed E-state index contributed by atoms with van der Waals surface area (Å²) >= 11 is 0. The van der Waals surface area contributed by atoms with Crippen molar-refractivity contribution in [3.05, 3.63) is 45.5 Å². The number of imidazole rings is 1. The molecule has 106 valence electrons. The lowest BCUT2D eigenvalue weighted by Crippen LogP contribution is -2.03. The van der Waals surface area contributed by atoms with E-state index in [2.05, 4.69) is 15.3 Å². The van der Waals surface area contributed by atoms with Crippen LogP contribution in [-0.4, -0.2) is 20.8 Å². The van der Waals surface area contributed by atoms with E-state index in [1.54, 1.807) is 6.20 Å². The molecule has 8 heteroatoms. The van der Waals surface area contributed by atoms with Gasteiger partial charge in [-0.15, -0.1) is 0 Å². The van der Waals surface area contributed by atoms with Gasteiger partial charge in [0.15, 0.2) is 0 Å². The normalized spacial score (nSPS) is 15.1. The number of carbonyl (C=O) groups is 1. The van der Waals surface area contributed by atoms with Crippen LogP contribution in [0.3, 0.4) is 0 Å². The highest BCUT2D eigenvalue weighted by Gasteiger charge is 2.30. The molecule has 1 aliphatic heterocycles. The molecule has 21 heavy (non-hydrogen) atoms. The molecule has 0 saturated carbocycles. The molecule has 0 atom stereocenters. The SMILES string of the molecule is Cc1cnc(C=C2C(=O)Nc3ccc([N+](=O)[O-])c(N)c32)[nH]1. The van der Waals surface area contributed by atoms with Crippen LogP contribution >= 0.6 is 0 Å². The first kappa shape index (κ1) is 12.9. The summed E-state index contributed by atoms with van der Waals surface area (Å²) in [7, 11) is 0. The third-order valence-electron chi connectivity index (χ3n) is 3.18. The van der Waals surface area contributed by atoms with Crippen molar-refractivity contribution in [2.75, 3.05) is 11.1 Å². The number of nitrogens with one attached hydrogen (secondary N) is 2. The number of nitro benzene ring substituents is 1. The molecule has 0 saturated heterocycles. The van der Waals surface area contributed by atoms with Crippen molar-refractivity contribution >= 4 is 34.6 Å². The molecule has 2 heterocycles. The van der Waals surface area contributed by atoms with Crippen molar-refractivity contribution in [2.24, 2.45) is 0 Å². The number of nitrogens with zero attached hydrogens (tertiary/aromatic N) is 2. The topological polar surface area (TPSA) is 127 Å². The summed E-state index contributed by atoms with van der Waals surface area (Å²) in [5.41, 5.74) is 7.46. The van der Waals surface area contributed by atoms with Crippen LogP contribution in [0.4, 0.5) is 17.1 Å². The average molecular weight is 285 g/mol. The monoisotopic (exact) mass is 285 g/mol. The van der Waals surface area contributed by atoms with E-state index in [0.29, 0.717) is 17.1 Å². The molecular weight excluding hydrogens is 274 g/mol. The molecule has 4 N–H and O–H groups in total. The van der Waals surface area contributed by atoms with E-state index >= 15 is 0 Å². The highest BCUT2D eigenvalue weighted by molar-refractivity contribution is 6.36. The second-order valence-electron chi connectivity index (χ2n) is 4.64. The number of nitrogen functional groups attached to an aromatic ring is 1. The standard InChI is InChI=1S/C13H11N5O3/c1-6-5-15-10(16-6)4-7-11-8(17-13(7)19)2-3-9(12(11)14)18(20)21/h2-5H,14H2,1H3,(H,15,16)(H,17,19). The van der Waals surface area contributed by atoms with Crippen LogP contribution in [0.2, 0.25) is 0 Å². The van der Waals surface area contributed by atoms with E-state index in [9.17, 15) is 14.9 Å². The van der Waals surface area contributed by atoms with Crippen molar-refractivity contribution in [3.63, 3.8) is 0 Å². The first-order chi connectivity index (χ1) is 9.97. The number of aromatic nitrogens is 2. The molecule has 3 rings (SSSR count). The lowest BCUT2D eigenvalue weighted by Gasteiger charge is -2.03. The minimum atomic E-state index is -0.576. The fourth-order valence-electron chi connectivity index (χ4n) is 2.25. The predicted molar refractivity (Wildman–Crippen MR) is 77.3 cm³/mol. The summed E-state index contributed by atoms with van der Waals surface area (Å²) in [5, 5.41) is 13.6. The molecule has 1 aromatic heterocycles. The molecule has 1 aromatic carbocycles. The maximum atomic E-state index is 12.0. The zero-order chi connectivity index (χ0) is 15.1. The minimum absolute atomic E-state index is 0.0367. The van der Waals surface area contributed by atoms with Crippen molar-refractivity contribution in [1.82, 2.24) is 9.97 Å². The van der Waals surface area contributed by atoms with Gasteiger partial charge in [-0.1, -0.05) is 0 Å². The van der Waals surface area contributed by atoms with Crippen molar-refractivity contribution in [2.45, 2.75) is 6.92 Å². The fourth-order valence-corrected chi connectivity index (χ4v) is 2.25. The fraction of sp³-hybridized carbons (Fsp3) is 0.0769. The largest absolute Gasteiger partial charge is 0.393 e. The van der Waals surface area contributed by atoms with Crippen molar-refractivity contribution in [3.8, 4) is 0 Å². The number of amides is 1. The molecule has 0 spiro atoms. The highest BCUT2D eigenvalue weighted by atomic mass is 16.6. The third kappa shape index (κ3) is 2.02. The number of rotatable bonds is 2. The van der Waals surface area contributed by atoms with Crippen LogP contribution in [0.1, 0.15) is 17.1 Å². The Balaban J connectivity index is 2.18. The van der Waals surface area contributed by atoms with Crippen molar-refractivity contribution < 1.29 is 9.72 Å². The molecule has 0 aliphatic carbocycles. The smallest absolute Gasteiger partial charge is 0.292 e. The molecule has 0 bridgehead atoms. The van der Waals surface area contributed by atoms with E-state index in [1.807, 2.05) is 6.92 Å². The Kier molecular flexibility index (Phi) is 2.72. The lowest BCUT2D eigenvalue weighted by molar-refractivity contribution is -0.383.